The SMILES string of the molecule is N#Cc1ccc(-c2cc(CNc3ccccc3)c([CH]C=O)cc2C(F)(F)F)cc1. The number of aldehydes is 1. The number of carbonyl (C=O) groups is 1. The quantitative estimate of drug-likeness (QED) is 0.554. The highest BCUT2D eigenvalue weighted by atomic mass is 19.4. The number of para-hydroxylation sites is 1. The lowest BCUT2D eigenvalue weighted by molar-refractivity contribution is -0.137. The Labute approximate surface area is 166 Å². The second-order valence-electron chi connectivity index (χ2n) is 6.31. The smallest absolute Gasteiger partial charge is 0.381 e. The molecular weight excluding hydrogens is 377 g/mol. The first kappa shape index (κ1) is 20.2. The van der Waals surface area contributed by atoms with Crippen molar-refractivity contribution in [2.24, 2.45) is 0 Å². The van der Waals surface area contributed by atoms with Crippen LogP contribution in [-0.2, 0) is 17.5 Å². The van der Waals surface area contributed by atoms with Crippen LogP contribution in [0.15, 0.2) is 66.7 Å². The summed E-state index contributed by atoms with van der Waals surface area (Å²) in [6, 6.07) is 19.5. The van der Waals surface area contributed by atoms with E-state index < -0.39 is 11.7 Å². The summed E-state index contributed by atoms with van der Waals surface area (Å²) in [5, 5.41) is 12.1. The van der Waals surface area contributed by atoms with Gasteiger partial charge in [0.2, 0.25) is 0 Å². The largest absolute Gasteiger partial charge is 0.417 e. The predicted molar refractivity (Wildman–Crippen MR) is 105 cm³/mol. The number of nitrogens with one attached hydrogen (secondary N) is 1. The molecule has 0 saturated carbocycles. The molecule has 0 amide bonds. The minimum absolute atomic E-state index is 0.00472. The van der Waals surface area contributed by atoms with Crippen LogP contribution in [0.4, 0.5) is 18.9 Å². The molecule has 3 rings (SSSR count). The van der Waals surface area contributed by atoms with Crippen LogP contribution in [0.1, 0.15) is 22.3 Å². The lowest BCUT2D eigenvalue weighted by Gasteiger charge is -2.18. The van der Waals surface area contributed by atoms with Crippen LogP contribution in [0, 0.1) is 17.8 Å². The molecule has 0 saturated heterocycles. The van der Waals surface area contributed by atoms with Gasteiger partial charge in [-0.25, -0.2) is 0 Å². The minimum Gasteiger partial charge on any atom is -0.381 e. The van der Waals surface area contributed by atoms with Crippen molar-refractivity contribution >= 4 is 12.0 Å². The third-order valence-corrected chi connectivity index (χ3v) is 4.41. The summed E-state index contributed by atoms with van der Waals surface area (Å²) in [6.45, 7) is 0.241. The number of benzene rings is 3. The molecule has 0 aliphatic heterocycles. The van der Waals surface area contributed by atoms with Crippen molar-refractivity contribution in [3.8, 4) is 17.2 Å². The van der Waals surface area contributed by atoms with Crippen molar-refractivity contribution in [2.45, 2.75) is 12.7 Å². The first-order valence-electron chi connectivity index (χ1n) is 8.74. The number of anilines is 1. The zero-order valence-electron chi connectivity index (χ0n) is 15.2. The van der Waals surface area contributed by atoms with Crippen LogP contribution < -0.4 is 5.32 Å². The second kappa shape index (κ2) is 8.61. The Morgan fingerprint density at radius 2 is 1.69 bits per heavy atom. The summed E-state index contributed by atoms with van der Waals surface area (Å²) in [5.41, 5.74) is 1.42. The molecule has 6 heteroatoms. The normalized spacial score (nSPS) is 11.0. The van der Waals surface area contributed by atoms with Gasteiger partial charge in [0, 0.05) is 12.2 Å². The molecule has 0 atom stereocenters. The summed E-state index contributed by atoms with van der Waals surface area (Å²) in [7, 11) is 0. The summed E-state index contributed by atoms with van der Waals surface area (Å²) in [5.74, 6) is 0. The first-order chi connectivity index (χ1) is 13.9. The molecule has 29 heavy (non-hydrogen) atoms. The van der Waals surface area contributed by atoms with Crippen LogP contribution in [0.3, 0.4) is 0 Å². The zero-order chi connectivity index (χ0) is 20.9. The molecular formula is C23H16F3N2O. The van der Waals surface area contributed by atoms with Gasteiger partial charge in [-0.05, 0) is 58.7 Å². The Morgan fingerprint density at radius 1 is 1.00 bits per heavy atom. The molecule has 0 fully saturated rings. The van der Waals surface area contributed by atoms with Gasteiger partial charge < -0.3 is 10.1 Å². The second-order valence-corrected chi connectivity index (χ2v) is 6.31. The number of hydrogen-bond donors (Lipinski definition) is 1. The number of halogens is 3. The fraction of sp³-hybridized carbons (Fsp3) is 0.0870. The van der Waals surface area contributed by atoms with Gasteiger partial charge in [-0.1, -0.05) is 30.3 Å². The Hall–Kier alpha value is -3.59. The van der Waals surface area contributed by atoms with Gasteiger partial charge >= 0.3 is 6.18 Å². The van der Waals surface area contributed by atoms with Crippen molar-refractivity contribution in [3.63, 3.8) is 0 Å². The first-order valence-corrected chi connectivity index (χ1v) is 8.74. The van der Waals surface area contributed by atoms with Crippen molar-refractivity contribution in [1.29, 1.82) is 5.26 Å². The van der Waals surface area contributed by atoms with Gasteiger partial charge in [0.15, 0.2) is 0 Å². The molecule has 0 aliphatic carbocycles. The number of rotatable bonds is 6. The molecule has 0 aliphatic rings. The third kappa shape index (κ3) is 4.82. The average Bonchev–Trinajstić information content (AvgIpc) is 2.73. The maximum absolute atomic E-state index is 13.7. The van der Waals surface area contributed by atoms with Gasteiger partial charge in [-0.15, -0.1) is 0 Å². The number of hydrogen-bond acceptors (Lipinski definition) is 3. The van der Waals surface area contributed by atoms with E-state index in [2.05, 4.69) is 5.32 Å². The highest BCUT2D eigenvalue weighted by molar-refractivity contribution is 5.75. The summed E-state index contributed by atoms with van der Waals surface area (Å²) >= 11 is 0. The van der Waals surface area contributed by atoms with E-state index in [1.54, 1.807) is 0 Å². The molecule has 0 unspecified atom stereocenters. The van der Waals surface area contributed by atoms with E-state index in [4.69, 9.17) is 5.26 Å². The van der Waals surface area contributed by atoms with Crippen molar-refractivity contribution in [3.05, 3.63) is 95.4 Å². The van der Waals surface area contributed by atoms with E-state index in [-0.39, 0.29) is 17.7 Å². The van der Waals surface area contributed by atoms with E-state index in [1.807, 2.05) is 36.4 Å². The van der Waals surface area contributed by atoms with Crippen molar-refractivity contribution in [1.82, 2.24) is 0 Å². The Morgan fingerprint density at radius 3 is 2.28 bits per heavy atom. The van der Waals surface area contributed by atoms with Crippen LogP contribution in [-0.4, -0.2) is 6.29 Å². The van der Waals surface area contributed by atoms with Crippen LogP contribution in [0.25, 0.3) is 11.1 Å². The van der Waals surface area contributed by atoms with E-state index in [0.717, 1.165) is 18.2 Å². The molecule has 1 radical (unpaired) electrons. The Kier molecular flexibility index (Phi) is 5.99. The monoisotopic (exact) mass is 393 g/mol. The molecule has 3 nitrogen and oxygen atoms in total. The molecule has 1 N–H and O–H groups in total. The van der Waals surface area contributed by atoms with Gasteiger partial charge in [-0.2, -0.15) is 18.4 Å². The topological polar surface area (TPSA) is 52.9 Å². The molecule has 0 aromatic heterocycles. The summed E-state index contributed by atoms with van der Waals surface area (Å²) < 4.78 is 41.1. The van der Waals surface area contributed by atoms with Crippen LogP contribution >= 0.6 is 0 Å². The maximum Gasteiger partial charge on any atom is 0.417 e. The van der Waals surface area contributed by atoms with Gasteiger partial charge in [0.25, 0.3) is 0 Å². The number of carbonyl (C=O) groups excluding carboxylic acids is 1. The lowest BCUT2D eigenvalue weighted by atomic mass is 9.92. The molecule has 0 spiro atoms. The molecule has 3 aromatic rings. The third-order valence-electron chi connectivity index (χ3n) is 4.41. The van der Waals surface area contributed by atoms with Gasteiger partial charge in [0.1, 0.15) is 6.29 Å². The number of nitrogens with zero attached hydrogens (tertiary/aromatic N) is 1. The van der Waals surface area contributed by atoms with Crippen LogP contribution in [0.2, 0.25) is 0 Å². The number of nitriles is 1. The van der Waals surface area contributed by atoms with Crippen LogP contribution in [0.5, 0.6) is 0 Å². The lowest BCUT2D eigenvalue weighted by Crippen LogP contribution is -2.11. The summed E-state index contributed by atoms with van der Waals surface area (Å²) in [6.07, 6.45) is -3.00. The fourth-order valence-corrected chi connectivity index (χ4v) is 2.99. The highest BCUT2D eigenvalue weighted by Gasteiger charge is 2.34. The number of alkyl halides is 3. The molecule has 3 aromatic carbocycles. The maximum atomic E-state index is 13.7. The van der Waals surface area contributed by atoms with Gasteiger partial charge in [-0.3, -0.25) is 0 Å². The highest BCUT2D eigenvalue weighted by Crippen LogP contribution is 2.39. The van der Waals surface area contributed by atoms with E-state index in [1.165, 1.54) is 30.3 Å². The zero-order valence-corrected chi connectivity index (χ0v) is 15.2. The summed E-state index contributed by atoms with van der Waals surface area (Å²) in [4.78, 5) is 11.0. The van der Waals surface area contributed by atoms with Gasteiger partial charge in [0.05, 0.1) is 23.6 Å². The average molecular weight is 393 g/mol. The fourth-order valence-electron chi connectivity index (χ4n) is 2.99. The predicted octanol–water partition coefficient (Wildman–Crippen LogP) is 5.61. The molecule has 145 valence electrons. The standard InChI is InChI=1S/C23H16F3N2O/c24-23(25,26)22-13-18(10-11-29)19(15-28-20-4-2-1-3-5-20)12-21(22)17-8-6-16(14-27)7-9-17/h1-13,28H,15H2. The molecule has 0 bridgehead atoms. The van der Waals surface area contributed by atoms with E-state index in [9.17, 15) is 18.0 Å². The molecule has 0 heterocycles. The minimum atomic E-state index is -4.60. The van der Waals surface area contributed by atoms with E-state index >= 15 is 0 Å². The van der Waals surface area contributed by atoms with Crippen molar-refractivity contribution < 1.29 is 18.0 Å². The van der Waals surface area contributed by atoms with E-state index in [0.29, 0.717) is 23.0 Å². The Balaban J connectivity index is 2.08. The van der Waals surface area contributed by atoms with Crippen molar-refractivity contribution in [2.75, 3.05) is 5.32 Å². The Bertz CT molecular complexity index is 1040.